The third kappa shape index (κ3) is 4.64. The number of rotatable bonds is 5. The minimum atomic E-state index is -0.485. The molecular weight excluding hydrogens is 295 g/mol. The van der Waals surface area contributed by atoms with Crippen molar-refractivity contribution in [1.29, 1.82) is 0 Å². The Balaban J connectivity index is 1.99. The summed E-state index contributed by atoms with van der Waals surface area (Å²) in [5.74, 6) is -1.50. The predicted octanol–water partition coefficient (Wildman–Crippen LogP) is 3.17. The highest BCUT2D eigenvalue weighted by Crippen LogP contribution is 2.20. The van der Waals surface area contributed by atoms with Crippen molar-refractivity contribution in [3.8, 4) is 0 Å². The first-order valence-corrected chi connectivity index (χ1v) is 7.52. The van der Waals surface area contributed by atoms with Crippen molar-refractivity contribution in [3.05, 3.63) is 71.5 Å². The van der Waals surface area contributed by atoms with Crippen LogP contribution in [0.1, 0.15) is 41.6 Å². The number of carbonyl (C=O) groups is 2. The van der Waals surface area contributed by atoms with Crippen molar-refractivity contribution in [2.45, 2.75) is 25.7 Å². The molecule has 5 heteroatoms. The van der Waals surface area contributed by atoms with Gasteiger partial charge in [0.2, 0.25) is 5.91 Å². The first-order valence-electron chi connectivity index (χ1n) is 7.52. The van der Waals surface area contributed by atoms with Crippen molar-refractivity contribution in [2.24, 2.45) is 0 Å². The lowest BCUT2D eigenvalue weighted by Gasteiger charge is -2.17. The lowest BCUT2D eigenvalue weighted by Crippen LogP contribution is -2.44. The summed E-state index contributed by atoms with van der Waals surface area (Å²) in [6, 6.07) is 14.5. The highest BCUT2D eigenvalue weighted by Gasteiger charge is 2.20. The fourth-order valence-electron chi connectivity index (χ4n) is 2.30. The molecule has 0 aromatic heterocycles. The van der Waals surface area contributed by atoms with Gasteiger partial charge in [-0.25, -0.2) is 4.39 Å². The maximum absolute atomic E-state index is 12.8. The molecule has 2 amide bonds. The van der Waals surface area contributed by atoms with Gasteiger partial charge in [-0.1, -0.05) is 43.7 Å². The summed E-state index contributed by atoms with van der Waals surface area (Å²) in [5.41, 5.74) is 5.99. The molecule has 0 radical (unpaired) electrons. The van der Waals surface area contributed by atoms with E-state index in [2.05, 4.69) is 10.9 Å². The van der Waals surface area contributed by atoms with Gasteiger partial charge < -0.3 is 0 Å². The molecule has 2 rings (SSSR count). The summed E-state index contributed by atoms with van der Waals surface area (Å²) in [5, 5.41) is 0. The Morgan fingerprint density at radius 1 is 1.00 bits per heavy atom. The van der Waals surface area contributed by atoms with Crippen LogP contribution >= 0.6 is 0 Å². The summed E-state index contributed by atoms with van der Waals surface area (Å²) in [6.07, 6.45) is 1.53. The van der Waals surface area contributed by atoms with Crippen LogP contribution in [0.15, 0.2) is 54.6 Å². The molecule has 2 aromatic rings. The molecule has 0 saturated carbocycles. The first-order chi connectivity index (χ1) is 11.1. The van der Waals surface area contributed by atoms with E-state index in [9.17, 15) is 14.0 Å². The molecule has 0 unspecified atom stereocenters. The van der Waals surface area contributed by atoms with Crippen LogP contribution < -0.4 is 10.9 Å². The number of halogens is 1. The van der Waals surface area contributed by atoms with Crippen LogP contribution in [0.25, 0.3) is 0 Å². The zero-order valence-corrected chi connectivity index (χ0v) is 12.9. The standard InChI is InChI=1S/C18H19FN2O2/c1-2-6-16(13-7-4-3-5-8-13)18(23)21-20-17(22)14-9-11-15(19)12-10-14/h3-5,7-12,16H,2,6H2,1H3,(H,20,22)(H,21,23)/t16-/m0/s1. The summed E-state index contributed by atoms with van der Waals surface area (Å²) < 4.78 is 12.8. The lowest BCUT2D eigenvalue weighted by atomic mass is 9.94. The minimum absolute atomic E-state index is 0.270. The Bertz CT molecular complexity index is 656. The van der Waals surface area contributed by atoms with Gasteiger partial charge in [0.25, 0.3) is 5.91 Å². The second kappa shape index (κ2) is 8.08. The smallest absolute Gasteiger partial charge is 0.269 e. The van der Waals surface area contributed by atoms with Gasteiger partial charge in [-0.2, -0.15) is 0 Å². The largest absolute Gasteiger partial charge is 0.273 e. The topological polar surface area (TPSA) is 58.2 Å². The number of nitrogens with one attached hydrogen (secondary N) is 2. The summed E-state index contributed by atoms with van der Waals surface area (Å²) in [7, 11) is 0. The number of hydrogen-bond acceptors (Lipinski definition) is 2. The van der Waals surface area contributed by atoms with E-state index >= 15 is 0 Å². The molecule has 2 aromatic carbocycles. The Morgan fingerprint density at radius 3 is 2.26 bits per heavy atom. The second-order valence-corrected chi connectivity index (χ2v) is 5.20. The van der Waals surface area contributed by atoms with E-state index in [1.807, 2.05) is 37.3 Å². The van der Waals surface area contributed by atoms with Crippen LogP contribution in [-0.4, -0.2) is 11.8 Å². The number of amides is 2. The van der Waals surface area contributed by atoms with Gasteiger partial charge in [0.15, 0.2) is 0 Å². The van der Waals surface area contributed by atoms with E-state index in [1.54, 1.807) is 0 Å². The van der Waals surface area contributed by atoms with Gasteiger partial charge >= 0.3 is 0 Å². The number of hydrazine groups is 1. The molecule has 2 N–H and O–H groups in total. The maximum atomic E-state index is 12.8. The fraction of sp³-hybridized carbons (Fsp3) is 0.222. The molecule has 0 aliphatic rings. The van der Waals surface area contributed by atoms with Crippen molar-refractivity contribution < 1.29 is 14.0 Å². The normalized spacial score (nSPS) is 11.6. The average molecular weight is 314 g/mol. The van der Waals surface area contributed by atoms with Crippen LogP contribution in [-0.2, 0) is 4.79 Å². The highest BCUT2D eigenvalue weighted by molar-refractivity contribution is 5.96. The van der Waals surface area contributed by atoms with Gasteiger partial charge in [0.1, 0.15) is 5.82 Å². The van der Waals surface area contributed by atoms with Gasteiger partial charge in [-0.15, -0.1) is 0 Å². The zero-order valence-electron chi connectivity index (χ0n) is 12.9. The van der Waals surface area contributed by atoms with Crippen molar-refractivity contribution in [1.82, 2.24) is 10.9 Å². The molecule has 0 bridgehead atoms. The third-order valence-corrected chi connectivity index (χ3v) is 3.50. The van der Waals surface area contributed by atoms with Crippen molar-refractivity contribution in [2.75, 3.05) is 0 Å². The summed E-state index contributed by atoms with van der Waals surface area (Å²) >= 11 is 0. The van der Waals surface area contributed by atoms with Crippen LogP contribution in [0.4, 0.5) is 4.39 Å². The second-order valence-electron chi connectivity index (χ2n) is 5.20. The van der Waals surface area contributed by atoms with Gasteiger partial charge in [0.05, 0.1) is 5.92 Å². The molecule has 0 aliphatic heterocycles. The van der Waals surface area contributed by atoms with Gasteiger partial charge in [0, 0.05) is 5.56 Å². The van der Waals surface area contributed by atoms with Crippen LogP contribution in [0.3, 0.4) is 0 Å². The Morgan fingerprint density at radius 2 is 1.65 bits per heavy atom. The molecule has 0 aliphatic carbocycles. The minimum Gasteiger partial charge on any atom is -0.273 e. The molecular formula is C18H19FN2O2. The van der Waals surface area contributed by atoms with E-state index in [0.717, 1.165) is 12.0 Å². The van der Waals surface area contributed by atoms with Crippen molar-refractivity contribution >= 4 is 11.8 Å². The Kier molecular flexibility index (Phi) is 5.86. The molecule has 1 atom stereocenters. The predicted molar refractivity (Wildman–Crippen MR) is 86.1 cm³/mol. The molecule has 0 saturated heterocycles. The highest BCUT2D eigenvalue weighted by atomic mass is 19.1. The average Bonchev–Trinajstić information content (AvgIpc) is 2.58. The molecule has 0 spiro atoms. The SMILES string of the molecule is CCC[C@H](C(=O)NNC(=O)c1ccc(F)cc1)c1ccccc1. The van der Waals surface area contributed by atoms with Crippen LogP contribution in [0.2, 0.25) is 0 Å². The fourth-order valence-corrected chi connectivity index (χ4v) is 2.30. The van der Waals surface area contributed by atoms with E-state index in [4.69, 9.17) is 0 Å². The lowest BCUT2D eigenvalue weighted by molar-refractivity contribution is -0.123. The monoisotopic (exact) mass is 314 g/mol. The van der Waals surface area contributed by atoms with E-state index in [1.165, 1.54) is 24.3 Å². The van der Waals surface area contributed by atoms with Crippen molar-refractivity contribution in [3.63, 3.8) is 0 Å². The third-order valence-electron chi connectivity index (χ3n) is 3.50. The summed E-state index contributed by atoms with van der Waals surface area (Å²) in [6.45, 7) is 2.00. The number of carbonyl (C=O) groups excluding carboxylic acids is 2. The quantitative estimate of drug-likeness (QED) is 0.833. The first kappa shape index (κ1) is 16.7. The zero-order chi connectivity index (χ0) is 16.7. The molecule has 120 valence electrons. The van der Waals surface area contributed by atoms with Gasteiger partial charge in [-0.05, 0) is 36.2 Å². The van der Waals surface area contributed by atoms with E-state index < -0.39 is 11.7 Å². The molecule has 0 heterocycles. The number of hydrogen-bond donors (Lipinski definition) is 2. The maximum Gasteiger partial charge on any atom is 0.269 e. The van der Waals surface area contributed by atoms with Gasteiger partial charge in [-0.3, -0.25) is 20.4 Å². The Labute approximate surface area is 134 Å². The van der Waals surface area contributed by atoms with Crippen LogP contribution in [0.5, 0.6) is 0 Å². The van der Waals surface area contributed by atoms with E-state index in [-0.39, 0.29) is 17.4 Å². The number of benzene rings is 2. The summed E-state index contributed by atoms with van der Waals surface area (Å²) in [4.78, 5) is 24.3. The van der Waals surface area contributed by atoms with Crippen LogP contribution in [0, 0.1) is 5.82 Å². The van der Waals surface area contributed by atoms with E-state index in [0.29, 0.717) is 6.42 Å². The molecule has 0 fully saturated rings. The Hall–Kier alpha value is -2.69. The molecule has 4 nitrogen and oxygen atoms in total. The molecule has 23 heavy (non-hydrogen) atoms.